The molecule has 0 amide bonds. The second-order valence-electron chi connectivity index (χ2n) is 2.43. The average molecular weight is 263 g/mol. The van der Waals surface area contributed by atoms with Crippen molar-refractivity contribution in [1.82, 2.24) is 0 Å². The third-order valence-corrected chi connectivity index (χ3v) is 2.35. The normalized spacial score (nSPS) is 9.86. The van der Waals surface area contributed by atoms with Gasteiger partial charge in [-0.05, 0) is 28.1 Å². The van der Waals surface area contributed by atoms with Crippen LogP contribution < -0.4 is 0 Å². The van der Waals surface area contributed by atoms with E-state index in [0.29, 0.717) is 0 Å². The van der Waals surface area contributed by atoms with E-state index in [1.165, 1.54) is 0 Å². The zero-order valence-corrected chi connectivity index (χ0v) is 8.21. The molecule has 1 aromatic carbocycles. The number of hydrogen-bond acceptors (Lipinski definition) is 2. The van der Waals surface area contributed by atoms with Crippen molar-refractivity contribution in [3.63, 3.8) is 0 Å². The molecule has 2 N–H and O–H groups in total. The van der Waals surface area contributed by atoms with Crippen molar-refractivity contribution in [1.29, 1.82) is 0 Å². The lowest BCUT2D eigenvalue weighted by Crippen LogP contribution is -2.05. The topological polar surface area (TPSA) is 74.6 Å². The molecule has 14 heavy (non-hydrogen) atoms. The molecule has 0 spiro atoms. The first-order valence-electron chi connectivity index (χ1n) is 3.39. The number of hydrogen-bond donors (Lipinski definition) is 2. The minimum absolute atomic E-state index is 0.140. The maximum atomic E-state index is 12.8. The van der Waals surface area contributed by atoms with E-state index in [-0.39, 0.29) is 4.47 Å². The molecule has 0 atom stereocenters. The fraction of sp³-hybridized carbons (Fsp3) is 0. The van der Waals surface area contributed by atoms with Crippen LogP contribution in [0.1, 0.15) is 20.7 Å². The van der Waals surface area contributed by atoms with Gasteiger partial charge >= 0.3 is 11.9 Å². The molecule has 0 heterocycles. The van der Waals surface area contributed by atoms with Gasteiger partial charge in [-0.2, -0.15) is 0 Å². The summed E-state index contributed by atoms with van der Waals surface area (Å²) in [6.07, 6.45) is 0. The van der Waals surface area contributed by atoms with E-state index in [4.69, 9.17) is 10.2 Å². The number of carboxylic acid groups (broad SMARTS) is 2. The Bertz CT molecular complexity index is 381. The van der Waals surface area contributed by atoms with Crippen molar-refractivity contribution < 1.29 is 24.2 Å². The minimum Gasteiger partial charge on any atom is -0.478 e. The number of carboxylic acids is 2. The second kappa shape index (κ2) is 3.75. The van der Waals surface area contributed by atoms with Crippen LogP contribution in [-0.2, 0) is 0 Å². The standard InChI is InChI=1S/C8H4BrFO4/c9-6-4(7(11)12)1-3(10)2-5(6)8(13)14/h1-2H,(H,11,12)(H,13,14). The quantitative estimate of drug-likeness (QED) is 0.855. The number of carbonyl (C=O) groups is 2. The first kappa shape index (κ1) is 10.6. The maximum absolute atomic E-state index is 12.8. The minimum atomic E-state index is -1.39. The summed E-state index contributed by atoms with van der Waals surface area (Å²) in [5, 5.41) is 17.2. The van der Waals surface area contributed by atoms with Gasteiger partial charge in [-0.3, -0.25) is 0 Å². The van der Waals surface area contributed by atoms with E-state index in [9.17, 15) is 14.0 Å². The van der Waals surface area contributed by atoms with Crippen LogP contribution in [-0.4, -0.2) is 22.2 Å². The molecular formula is C8H4BrFO4. The van der Waals surface area contributed by atoms with Crippen LogP contribution in [0, 0.1) is 5.82 Å². The van der Waals surface area contributed by atoms with Crippen LogP contribution in [0.4, 0.5) is 4.39 Å². The molecule has 0 aromatic heterocycles. The molecule has 1 rings (SSSR count). The summed E-state index contributed by atoms with van der Waals surface area (Å²) in [6, 6.07) is 1.50. The van der Waals surface area contributed by atoms with Gasteiger partial charge in [0.15, 0.2) is 0 Å². The fourth-order valence-corrected chi connectivity index (χ4v) is 1.47. The van der Waals surface area contributed by atoms with Gasteiger partial charge in [0.25, 0.3) is 0 Å². The highest BCUT2D eigenvalue weighted by Gasteiger charge is 2.18. The Hall–Kier alpha value is -1.43. The Morgan fingerprint density at radius 3 is 1.79 bits per heavy atom. The molecule has 0 radical (unpaired) electrons. The molecular weight excluding hydrogens is 259 g/mol. The molecule has 1 aromatic rings. The van der Waals surface area contributed by atoms with Crippen LogP contribution in [0.5, 0.6) is 0 Å². The summed E-state index contributed by atoms with van der Waals surface area (Å²) in [4.78, 5) is 21.1. The number of benzene rings is 1. The summed E-state index contributed by atoms with van der Waals surface area (Å²) >= 11 is 2.79. The van der Waals surface area contributed by atoms with Crippen molar-refractivity contribution in [2.24, 2.45) is 0 Å². The smallest absolute Gasteiger partial charge is 0.336 e. The van der Waals surface area contributed by atoms with Crippen molar-refractivity contribution in [3.05, 3.63) is 33.5 Å². The predicted octanol–water partition coefficient (Wildman–Crippen LogP) is 1.98. The summed E-state index contributed by atoms with van der Waals surface area (Å²) in [7, 11) is 0. The predicted molar refractivity (Wildman–Crippen MR) is 48.0 cm³/mol. The summed E-state index contributed by atoms with van der Waals surface area (Å²) in [5.74, 6) is -3.68. The highest BCUT2D eigenvalue weighted by atomic mass is 79.9. The number of rotatable bonds is 2. The lowest BCUT2D eigenvalue weighted by Gasteiger charge is -2.03. The monoisotopic (exact) mass is 262 g/mol. The van der Waals surface area contributed by atoms with Crippen molar-refractivity contribution in [2.75, 3.05) is 0 Å². The fourth-order valence-electron chi connectivity index (χ4n) is 0.900. The van der Waals surface area contributed by atoms with E-state index < -0.39 is 28.9 Å². The lowest BCUT2D eigenvalue weighted by atomic mass is 10.1. The average Bonchev–Trinajstić information content (AvgIpc) is 2.07. The Balaban J connectivity index is 3.47. The molecule has 0 saturated carbocycles. The first-order chi connectivity index (χ1) is 6.43. The van der Waals surface area contributed by atoms with Gasteiger partial charge in [0, 0.05) is 4.47 Å². The van der Waals surface area contributed by atoms with E-state index in [1.54, 1.807) is 0 Å². The summed E-state index contributed by atoms with van der Waals surface area (Å²) in [6.45, 7) is 0. The van der Waals surface area contributed by atoms with Gasteiger partial charge in [0.1, 0.15) is 5.82 Å². The SMILES string of the molecule is O=C(O)c1cc(F)cc(C(=O)O)c1Br. The molecule has 0 fully saturated rings. The molecule has 4 nitrogen and oxygen atoms in total. The van der Waals surface area contributed by atoms with E-state index in [1.807, 2.05) is 0 Å². The van der Waals surface area contributed by atoms with Gasteiger partial charge < -0.3 is 10.2 Å². The largest absolute Gasteiger partial charge is 0.478 e. The Morgan fingerprint density at radius 2 is 1.50 bits per heavy atom. The van der Waals surface area contributed by atoms with E-state index in [2.05, 4.69) is 15.9 Å². The Labute approximate surface area is 86.1 Å². The van der Waals surface area contributed by atoms with Gasteiger partial charge in [-0.15, -0.1) is 0 Å². The molecule has 6 heteroatoms. The Morgan fingerprint density at radius 1 is 1.14 bits per heavy atom. The lowest BCUT2D eigenvalue weighted by molar-refractivity contribution is 0.0695. The van der Waals surface area contributed by atoms with Gasteiger partial charge in [-0.1, -0.05) is 0 Å². The van der Waals surface area contributed by atoms with Gasteiger partial charge in [0.05, 0.1) is 11.1 Å². The zero-order chi connectivity index (χ0) is 10.9. The molecule has 0 unspecified atom stereocenters. The second-order valence-corrected chi connectivity index (χ2v) is 3.22. The van der Waals surface area contributed by atoms with E-state index in [0.717, 1.165) is 12.1 Å². The van der Waals surface area contributed by atoms with Crippen LogP contribution >= 0.6 is 15.9 Å². The molecule has 0 aliphatic rings. The van der Waals surface area contributed by atoms with Crippen LogP contribution in [0.15, 0.2) is 16.6 Å². The highest BCUT2D eigenvalue weighted by Crippen LogP contribution is 2.23. The third kappa shape index (κ3) is 1.90. The first-order valence-corrected chi connectivity index (χ1v) is 4.18. The molecule has 74 valence electrons. The number of halogens is 2. The van der Waals surface area contributed by atoms with Crippen molar-refractivity contribution in [2.45, 2.75) is 0 Å². The van der Waals surface area contributed by atoms with E-state index >= 15 is 0 Å². The molecule has 0 saturated heterocycles. The van der Waals surface area contributed by atoms with Crippen LogP contribution in [0.3, 0.4) is 0 Å². The molecule has 0 aliphatic carbocycles. The van der Waals surface area contributed by atoms with Crippen LogP contribution in [0.25, 0.3) is 0 Å². The highest BCUT2D eigenvalue weighted by molar-refractivity contribution is 9.10. The number of aromatic carboxylic acids is 2. The molecule has 0 aliphatic heterocycles. The maximum Gasteiger partial charge on any atom is 0.336 e. The van der Waals surface area contributed by atoms with Crippen LogP contribution in [0.2, 0.25) is 0 Å². The van der Waals surface area contributed by atoms with Gasteiger partial charge in [0.2, 0.25) is 0 Å². The van der Waals surface area contributed by atoms with Crippen molar-refractivity contribution in [3.8, 4) is 0 Å². The summed E-state index contributed by atoms with van der Waals surface area (Å²) < 4.78 is 12.6. The third-order valence-electron chi connectivity index (χ3n) is 1.50. The molecule has 0 bridgehead atoms. The zero-order valence-electron chi connectivity index (χ0n) is 6.62. The summed E-state index contributed by atoms with van der Waals surface area (Å²) in [5.41, 5.74) is -0.829. The van der Waals surface area contributed by atoms with Gasteiger partial charge in [-0.25, -0.2) is 14.0 Å². The van der Waals surface area contributed by atoms with Crippen molar-refractivity contribution >= 4 is 27.9 Å². The Kier molecular flexibility index (Phi) is 2.85.